The second kappa shape index (κ2) is 5.43. The van der Waals surface area contributed by atoms with Gasteiger partial charge in [-0.15, -0.1) is 0 Å². The second-order valence-corrected chi connectivity index (χ2v) is 4.78. The Hall–Kier alpha value is -1.19. The van der Waals surface area contributed by atoms with E-state index in [1.165, 1.54) is 5.56 Å². The second-order valence-electron chi connectivity index (χ2n) is 4.78. The van der Waals surface area contributed by atoms with Crippen molar-refractivity contribution < 1.29 is 9.90 Å². The van der Waals surface area contributed by atoms with Crippen LogP contribution < -0.4 is 0 Å². The molecule has 1 heterocycles. The zero-order chi connectivity index (χ0) is 12.3. The first-order chi connectivity index (χ1) is 8.22. The van der Waals surface area contributed by atoms with Gasteiger partial charge >= 0.3 is 0 Å². The molecule has 0 aliphatic carbocycles. The number of aliphatic hydroxyl groups excluding tert-OH is 1. The van der Waals surface area contributed by atoms with Crippen LogP contribution in [-0.2, 0) is 4.79 Å². The summed E-state index contributed by atoms with van der Waals surface area (Å²) < 4.78 is 0. The molecule has 2 unspecified atom stereocenters. The van der Waals surface area contributed by atoms with E-state index in [1.807, 2.05) is 18.2 Å². The van der Waals surface area contributed by atoms with Crippen LogP contribution >= 0.6 is 0 Å². The van der Waals surface area contributed by atoms with Crippen LogP contribution in [0.3, 0.4) is 0 Å². The SMILES string of the molecule is CC(O)CN1CCC(c2ccccc2)[C@H]1C=O. The number of nitrogens with zero attached hydrogens (tertiary/aromatic N) is 1. The van der Waals surface area contributed by atoms with E-state index >= 15 is 0 Å². The summed E-state index contributed by atoms with van der Waals surface area (Å²) in [5, 5.41) is 9.43. The van der Waals surface area contributed by atoms with Crippen molar-refractivity contribution >= 4 is 6.29 Å². The molecule has 0 saturated carbocycles. The lowest BCUT2D eigenvalue weighted by Gasteiger charge is -2.24. The van der Waals surface area contributed by atoms with Gasteiger partial charge in [-0.25, -0.2) is 0 Å². The van der Waals surface area contributed by atoms with Gasteiger partial charge in [-0.05, 0) is 25.5 Å². The number of aldehydes is 1. The maximum Gasteiger partial charge on any atom is 0.137 e. The number of likely N-dealkylation sites (tertiary alicyclic amines) is 1. The first-order valence-electron chi connectivity index (χ1n) is 6.14. The molecule has 1 aliphatic heterocycles. The summed E-state index contributed by atoms with van der Waals surface area (Å²) in [6.07, 6.45) is 1.62. The highest BCUT2D eigenvalue weighted by molar-refractivity contribution is 5.61. The predicted octanol–water partition coefficient (Wildman–Crippen LogP) is 1.42. The van der Waals surface area contributed by atoms with E-state index in [4.69, 9.17) is 0 Å². The third kappa shape index (κ3) is 2.73. The molecule has 92 valence electrons. The van der Waals surface area contributed by atoms with Crippen LogP contribution in [0.25, 0.3) is 0 Å². The summed E-state index contributed by atoms with van der Waals surface area (Å²) >= 11 is 0. The number of carbonyl (C=O) groups excluding carboxylic acids is 1. The maximum atomic E-state index is 11.3. The number of hydrogen-bond acceptors (Lipinski definition) is 3. The molecule has 2 rings (SSSR count). The lowest BCUT2D eigenvalue weighted by atomic mass is 9.92. The molecule has 0 bridgehead atoms. The average molecular weight is 233 g/mol. The average Bonchev–Trinajstić information content (AvgIpc) is 2.72. The van der Waals surface area contributed by atoms with Crippen LogP contribution in [0.2, 0.25) is 0 Å². The topological polar surface area (TPSA) is 40.5 Å². The minimum Gasteiger partial charge on any atom is -0.392 e. The summed E-state index contributed by atoms with van der Waals surface area (Å²) in [7, 11) is 0. The zero-order valence-electron chi connectivity index (χ0n) is 10.1. The van der Waals surface area contributed by atoms with Gasteiger partial charge in [0.15, 0.2) is 0 Å². The molecule has 0 spiro atoms. The fraction of sp³-hybridized carbons (Fsp3) is 0.500. The Morgan fingerprint density at radius 1 is 1.47 bits per heavy atom. The van der Waals surface area contributed by atoms with E-state index in [-0.39, 0.29) is 18.1 Å². The van der Waals surface area contributed by atoms with Crippen LogP contribution in [0.1, 0.15) is 24.8 Å². The fourth-order valence-electron chi connectivity index (χ4n) is 2.68. The minimum atomic E-state index is -0.382. The molecule has 17 heavy (non-hydrogen) atoms. The van der Waals surface area contributed by atoms with Crippen LogP contribution in [0.5, 0.6) is 0 Å². The number of benzene rings is 1. The monoisotopic (exact) mass is 233 g/mol. The molecule has 1 saturated heterocycles. The summed E-state index contributed by atoms with van der Waals surface area (Å²) in [4.78, 5) is 13.3. The van der Waals surface area contributed by atoms with Crippen molar-refractivity contribution in [2.75, 3.05) is 13.1 Å². The molecule has 1 aliphatic rings. The summed E-state index contributed by atoms with van der Waals surface area (Å²) in [6, 6.07) is 10.1. The molecule has 0 radical (unpaired) electrons. The smallest absolute Gasteiger partial charge is 0.137 e. The highest BCUT2D eigenvalue weighted by atomic mass is 16.3. The van der Waals surface area contributed by atoms with Gasteiger partial charge in [0.1, 0.15) is 6.29 Å². The van der Waals surface area contributed by atoms with E-state index in [0.717, 1.165) is 19.3 Å². The van der Waals surface area contributed by atoms with Gasteiger partial charge in [-0.3, -0.25) is 4.90 Å². The highest BCUT2D eigenvalue weighted by Crippen LogP contribution is 2.32. The summed E-state index contributed by atoms with van der Waals surface area (Å²) in [6.45, 7) is 3.22. The van der Waals surface area contributed by atoms with Crippen LogP contribution in [0, 0.1) is 0 Å². The molecule has 1 aromatic rings. The van der Waals surface area contributed by atoms with Crippen LogP contribution in [-0.4, -0.2) is 41.5 Å². The van der Waals surface area contributed by atoms with Gasteiger partial charge in [-0.1, -0.05) is 30.3 Å². The number of hydrogen-bond donors (Lipinski definition) is 1. The third-order valence-electron chi connectivity index (χ3n) is 3.43. The Balaban J connectivity index is 2.13. The van der Waals surface area contributed by atoms with Crippen molar-refractivity contribution in [3.8, 4) is 0 Å². The quantitative estimate of drug-likeness (QED) is 0.800. The molecule has 0 amide bonds. The Kier molecular flexibility index (Phi) is 3.92. The molecule has 1 aromatic carbocycles. The Labute approximate surface area is 102 Å². The van der Waals surface area contributed by atoms with Gasteiger partial charge in [-0.2, -0.15) is 0 Å². The van der Waals surface area contributed by atoms with Crippen molar-refractivity contribution in [1.29, 1.82) is 0 Å². The summed E-state index contributed by atoms with van der Waals surface area (Å²) in [5.41, 5.74) is 1.22. The highest BCUT2D eigenvalue weighted by Gasteiger charge is 2.34. The van der Waals surface area contributed by atoms with Gasteiger partial charge < -0.3 is 9.90 Å². The lowest BCUT2D eigenvalue weighted by molar-refractivity contribution is -0.112. The Bertz CT molecular complexity index is 364. The van der Waals surface area contributed by atoms with E-state index in [2.05, 4.69) is 17.0 Å². The van der Waals surface area contributed by atoms with Crippen molar-refractivity contribution in [3.05, 3.63) is 35.9 Å². The number of rotatable bonds is 4. The third-order valence-corrected chi connectivity index (χ3v) is 3.43. The maximum absolute atomic E-state index is 11.3. The summed E-state index contributed by atoms with van der Waals surface area (Å²) in [5.74, 6) is 0.271. The normalized spacial score (nSPS) is 26.9. The molecule has 1 fully saturated rings. The molecule has 1 N–H and O–H groups in total. The fourth-order valence-corrected chi connectivity index (χ4v) is 2.68. The Morgan fingerprint density at radius 3 is 2.76 bits per heavy atom. The lowest BCUT2D eigenvalue weighted by Crippen LogP contribution is -2.38. The van der Waals surface area contributed by atoms with Crippen molar-refractivity contribution in [2.45, 2.75) is 31.4 Å². The van der Waals surface area contributed by atoms with Gasteiger partial charge in [0.2, 0.25) is 0 Å². The van der Waals surface area contributed by atoms with E-state index in [0.29, 0.717) is 6.54 Å². The Morgan fingerprint density at radius 2 is 2.18 bits per heavy atom. The molecule has 3 heteroatoms. The van der Waals surface area contributed by atoms with E-state index in [9.17, 15) is 9.90 Å². The van der Waals surface area contributed by atoms with Crippen molar-refractivity contribution in [3.63, 3.8) is 0 Å². The zero-order valence-corrected chi connectivity index (χ0v) is 10.1. The first kappa shape index (κ1) is 12.3. The number of β-amino-alcohol motifs (C(OH)–C–C–N with tert-alkyl or cyclic N) is 1. The number of aliphatic hydroxyl groups is 1. The van der Waals surface area contributed by atoms with Crippen molar-refractivity contribution in [1.82, 2.24) is 4.90 Å². The molecular weight excluding hydrogens is 214 g/mol. The first-order valence-corrected chi connectivity index (χ1v) is 6.14. The van der Waals surface area contributed by atoms with Gasteiger partial charge in [0.05, 0.1) is 12.1 Å². The van der Waals surface area contributed by atoms with E-state index < -0.39 is 0 Å². The van der Waals surface area contributed by atoms with Gasteiger partial charge in [0, 0.05) is 12.5 Å². The minimum absolute atomic E-state index is 0.0907. The van der Waals surface area contributed by atoms with Crippen LogP contribution in [0.15, 0.2) is 30.3 Å². The van der Waals surface area contributed by atoms with Crippen molar-refractivity contribution in [2.24, 2.45) is 0 Å². The standard InChI is InChI=1S/C14H19NO2/c1-11(17)9-15-8-7-13(14(15)10-16)12-5-3-2-4-6-12/h2-6,10-11,13-14,17H,7-9H2,1H3/t11?,13?,14-/m1/s1. The molecule has 3 atom stereocenters. The van der Waals surface area contributed by atoms with E-state index in [1.54, 1.807) is 6.92 Å². The van der Waals surface area contributed by atoms with Gasteiger partial charge in [0.25, 0.3) is 0 Å². The van der Waals surface area contributed by atoms with Crippen LogP contribution in [0.4, 0.5) is 0 Å². The molecule has 3 nitrogen and oxygen atoms in total. The predicted molar refractivity (Wildman–Crippen MR) is 66.9 cm³/mol. The number of carbonyl (C=O) groups is 1. The largest absolute Gasteiger partial charge is 0.392 e. The molecular formula is C14H19NO2. The molecule has 0 aromatic heterocycles.